The van der Waals surface area contributed by atoms with E-state index in [0.717, 1.165) is 0 Å². The number of primary amides is 1. The van der Waals surface area contributed by atoms with Gasteiger partial charge in [0.25, 0.3) is 0 Å². The van der Waals surface area contributed by atoms with E-state index >= 15 is 0 Å². The number of piperazine rings is 1. The Balaban J connectivity index is 2.28. The molecule has 4 N–H and O–H groups in total. The maximum absolute atomic E-state index is 11.9. The number of hydrogen-bond donors (Lipinski definition) is 3. The molecule has 1 unspecified atom stereocenters. The van der Waals surface area contributed by atoms with Crippen molar-refractivity contribution in [2.45, 2.75) is 25.8 Å². The van der Waals surface area contributed by atoms with Gasteiger partial charge < -0.3 is 21.1 Å². The predicted molar refractivity (Wildman–Crippen MR) is 72.1 cm³/mol. The molecule has 3 amide bonds. The second-order valence-corrected chi connectivity index (χ2v) is 4.99. The van der Waals surface area contributed by atoms with E-state index in [1.165, 1.54) is 0 Å². The standard InChI is InChI=1S/C12H22N4O4/c1-9(8-10(13)17)14-12(20)16-6-4-15(5-7-16)3-2-11(18)19/h9H,2-8H2,1H3,(H2,13,17)(H,14,20)(H,18,19). The zero-order valence-electron chi connectivity index (χ0n) is 11.7. The fourth-order valence-electron chi connectivity index (χ4n) is 2.08. The Morgan fingerprint density at radius 3 is 2.35 bits per heavy atom. The fourth-order valence-corrected chi connectivity index (χ4v) is 2.08. The van der Waals surface area contributed by atoms with Crippen LogP contribution in [0.25, 0.3) is 0 Å². The van der Waals surface area contributed by atoms with E-state index in [2.05, 4.69) is 5.32 Å². The number of rotatable bonds is 6. The molecule has 1 fully saturated rings. The van der Waals surface area contributed by atoms with Crippen LogP contribution >= 0.6 is 0 Å². The van der Waals surface area contributed by atoms with Gasteiger partial charge in [-0.2, -0.15) is 0 Å². The maximum atomic E-state index is 11.9. The van der Waals surface area contributed by atoms with Gasteiger partial charge in [0.05, 0.1) is 6.42 Å². The van der Waals surface area contributed by atoms with Gasteiger partial charge in [0, 0.05) is 45.2 Å². The molecule has 0 aromatic carbocycles. The fraction of sp³-hybridized carbons (Fsp3) is 0.750. The molecule has 8 nitrogen and oxygen atoms in total. The molecule has 20 heavy (non-hydrogen) atoms. The third-order valence-corrected chi connectivity index (χ3v) is 3.18. The Labute approximate surface area is 117 Å². The summed E-state index contributed by atoms with van der Waals surface area (Å²) in [7, 11) is 0. The topological polar surface area (TPSA) is 116 Å². The Morgan fingerprint density at radius 2 is 1.85 bits per heavy atom. The molecule has 0 aromatic heterocycles. The number of urea groups is 1. The monoisotopic (exact) mass is 286 g/mol. The number of hydrogen-bond acceptors (Lipinski definition) is 4. The highest BCUT2D eigenvalue weighted by molar-refractivity contribution is 5.77. The molecular weight excluding hydrogens is 264 g/mol. The molecule has 0 radical (unpaired) electrons. The first-order chi connectivity index (χ1) is 9.38. The second kappa shape index (κ2) is 7.68. The highest BCUT2D eigenvalue weighted by atomic mass is 16.4. The molecule has 0 saturated carbocycles. The van der Waals surface area contributed by atoms with Crippen molar-refractivity contribution in [3.05, 3.63) is 0 Å². The summed E-state index contributed by atoms with van der Waals surface area (Å²) in [6, 6.07) is -0.498. The molecule has 1 saturated heterocycles. The largest absolute Gasteiger partial charge is 0.481 e. The first kappa shape index (κ1) is 16.2. The van der Waals surface area contributed by atoms with E-state index in [-0.39, 0.29) is 24.9 Å². The molecule has 1 heterocycles. The maximum Gasteiger partial charge on any atom is 0.317 e. The van der Waals surface area contributed by atoms with Crippen molar-refractivity contribution in [2.24, 2.45) is 5.73 Å². The van der Waals surface area contributed by atoms with Crippen LogP contribution in [-0.4, -0.2) is 71.6 Å². The zero-order valence-corrected chi connectivity index (χ0v) is 11.7. The van der Waals surface area contributed by atoms with Gasteiger partial charge in [-0.25, -0.2) is 4.79 Å². The average Bonchev–Trinajstić information content (AvgIpc) is 2.35. The van der Waals surface area contributed by atoms with Crippen molar-refractivity contribution < 1.29 is 19.5 Å². The number of amides is 3. The number of nitrogens with zero attached hydrogens (tertiary/aromatic N) is 2. The molecule has 0 aromatic rings. The smallest absolute Gasteiger partial charge is 0.317 e. The minimum Gasteiger partial charge on any atom is -0.481 e. The van der Waals surface area contributed by atoms with Gasteiger partial charge in [0.15, 0.2) is 0 Å². The Bertz CT molecular complexity index is 366. The molecule has 1 aliphatic heterocycles. The quantitative estimate of drug-likeness (QED) is 0.582. The third-order valence-electron chi connectivity index (χ3n) is 3.18. The summed E-state index contributed by atoms with van der Waals surface area (Å²) in [4.78, 5) is 36.8. The summed E-state index contributed by atoms with van der Waals surface area (Å²) in [5.74, 6) is -1.26. The lowest BCUT2D eigenvalue weighted by Gasteiger charge is -2.35. The number of carboxylic acid groups (broad SMARTS) is 1. The van der Waals surface area contributed by atoms with Crippen molar-refractivity contribution in [1.82, 2.24) is 15.1 Å². The third kappa shape index (κ3) is 5.87. The SMILES string of the molecule is CC(CC(N)=O)NC(=O)N1CCN(CCC(=O)O)CC1. The number of nitrogens with two attached hydrogens (primary N) is 1. The summed E-state index contributed by atoms with van der Waals surface area (Å²) in [6.07, 6.45) is 0.228. The van der Waals surface area contributed by atoms with Crippen molar-refractivity contribution in [3.63, 3.8) is 0 Å². The summed E-state index contributed by atoms with van der Waals surface area (Å²) in [6.45, 7) is 4.65. The lowest BCUT2D eigenvalue weighted by atomic mass is 10.2. The lowest BCUT2D eigenvalue weighted by Crippen LogP contribution is -2.53. The molecular formula is C12H22N4O4. The lowest BCUT2D eigenvalue weighted by molar-refractivity contribution is -0.137. The van der Waals surface area contributed by atoms with Gasteiger partial charge in [-0.15, -0.1) is 0 Å². The minimum absolute atomic E-state index is 0.113. The Morgan fingerprint density at radius 1 is 1.25 bits per heavy atom. The van der Waals surface area contributed by atoms with Crippen LogP contribution in [0.1, 0.15) is 19.8 Å². The highest BCUT2D eigenvalue weighted by Crippen LogP contribution is 2.03. The van der Waals surface area contributed by atoms with Gasteiger partial charge in [0.1, 0.15) is 0 Å². The van der Waals surface area contributed by atoms with E-state index in [1.807, 2.05) is 4.90 Å². The number of carboxylic acids is 1. The predicted octanol–water partition coefficient (Wildman–Crippen LogP) is -0.948. The van der Waals surface area contributed by atoms with Gasteiger partial charge in [0.2, 0.25) is 5.91 Å². The van der Waals surface area contributed by atoms with E-state index in [9.17, 15) is 14.4 Å². The summed E-state index contributed by atoms with van der Waals surface area (Å²) >= 11 is 0. The first-order valence-electron chi connectivity index (χ1n) is 6.66. The molecule has 0 bridgehead atoms. The van der Waals surface area contributed by atoms with Gasteiger partial charge >= 0.3 is 12.0 Å². The summed E-state index contributed by atoms with van der Waals surface area (Å²) in [5.41, 5.74) is 5.07. The number of carbonyl (C=O) groups is 3. The molecule has 0 spiro atoms. The van der Waals surface area contributed by atoms with Crippen LogP contribution < -0.4 is 11.1 Å². The molecule has 0 aliphatic carbocycles. The number of nitrogens with one attached hydrogen (secondary N) is 1. The molecule has 1 atom stereocenters. The van der Waals surface area contributed by atoms with Gasteiger partial charge in [-0.1, -0.05) is 0 Å². The first-order valence-corrected chi connectivity index (χ1v) is 6.66. The van der Waals surface area contributed by atoms with Crippen LogP contribution in [0.15, 0.2) is 0 Å². The normalized spacial score (nSPS) is 17.6. The molecule has 114 valence electrons. The highest BCUT2D eigenvalue weighted by Gasteiger charge is 2.22. The van der Waals surface area contributed by atoms with E-state index in [1.54, 1.807) is 11.8 Å². The average molecular weight is 286 g/mol. The van der Waals surface area contributed by atoms with Crippen molar-refractivity contribution in [1.29, 1.82) is 0 Å². The summed E-state index contributed by atoms with van der Waals surface area (Å²) in [5, 5.41) is 11.3. The van der Waals surface area contributed by atoms with Crippen LogP contribution in [0.5, 0.6) is 0 Å². The van der Waals surface area contributed by atoms with E-state index in [4.69, 9.17) is 10.8 Å². The molecule has 8 heteroatoms. The molecule has 1 rings (SSSR count). The van der Waals surface area contributed by atoms with Crippen LogP contribution in [0.3, 0.4) is 0 Å². The minimum atomic E-state index is -0.814. The zero-order chi connectivity index (χ0) is 15.1. The number of carbonyl (C=O) groups excluding carboxylic acids is 2. The van der Waals surface area contributed by atoms with E-state index in [0.29, 0.717) is 32.7 Å². The summed E-state index contributed by atoms with van der Waals surface area (Å²) < 4.78 is 0. The number of aliphatic carboxylic acids is 1. The van der Waals surface area contributed by atoms with Crippen LogP contribution in [-0.2, 0) is 9.59 Å². The van der Waals surface area contributed by atoms with Crippen LogP contribution in [0, 0.1) is 0 Å². The van der Waals surface area contributed by atoms with Crippen molar-refractivity contribution in [2.75, 3.05) is 32.7 Å². The van der Waals surface area contributed by atoms with Crippen molar-refractivity contribution >= 4 is 17.9 Å². The Kier molecular flexibility index (Phi) is 6.23. The van der Waals surface area contributed by atoms with E-state index < -0.39 is 11.9 Å². The van der Waals surface area contributed by atoms with Gasteiger partial charge in [-0.3, -0.25) is 14.5 Å². The molecule has 1 aliphatic rings. The Hall–Kier alpha value is -1.83. The van der Waals surface area contributed by atoms with Gasteiger partial charge in [-0.05, 0) is 6.92 Å². The second-order valence-electron chi connectivity index (χ2n) is 4.99. The van der Waals surface area contributed by atoms with Crippen LogP contribution in [0.2, 0.25) is 0 Å². The van der Waals surface area contributed by atoms with Crippen LogP contribution in [0.4, 0.5) is 4.79 Å². The van der Waals surface area contributed by atoms with Crippen molar-refractivity contribution in [3.8, 4) is 0 Å².